The van der Waals surface area contributed by atoms with Crippen molar-refractivity contribution in [1.29, 1.82) is 0 Å². The molecule has 1 heterocycles. The minimum atomic E-state index is 0.0335. The van der Waals surface area contributed by atoms with Gasteiger partial charge in [0.05, 0.1) is 6.04 Å². The monoisotopic (exact) mass is 233 g/mol. The molecule has 1 atom stereocenters. The first-order valence-electron chi connectivity index (χ1n) is 6.63. The fraction of sp³-hybridized carbons (Fsp3) is 0.714. The van der Waals surface area contributed by atoms with E-state index in [1.807, 2.05) is 0 Å². The Bertz CT molecular complexity index is 368. The lowest BCUT2D eigenvalue weighted by Gasteiger charge is -2.15. The molecule has 17 heavy (non-hydrogen) atoms. The normalized spacial score (nSPS) is 17.8. The van der Waals surface area contributed by atoms with Crippen LogP contribution in [0.1, 0.15) is 75.6 Å². The first kappa shape index (κ1) is 12.5. The first-order chi connectivity index (χ1) is 7.99. The highest BCUT2D eigenvalue weighted by molar-refractivity contribution is 5.18. The van der Waals surface area contributed by atoms with Crippen molar-refractivity contribution in [1.82, 2.24) is 9.97 Å². The second-order valence-corrected chi connectivity index (χ2v) is 5.75. The van der Waals surface area contributed by atoms with Crippen LogP contribution >= 0.6 is 0 Å². The summed E-state index contributed by atoms with van der Waals surface area (Å²) in [6.45, 7) is 8.66. The molecule has 1 aromatic rings. The zero-order chi connectivity index (χ0) is 12.6. The molecule has 0 radical (unpaired) electrons. The predicted octanol–water partition coefficient (Wildman–Crippen LogP) is 3.13. The van der Waals surface area contributed by atoms with Gasteiger partial charge in [-0.2, -0.15) is 0 Å². The highest BCUT2D eigenvalue weighted by Gasteiger charge is 2.31. The zero-order valence-electron chi connectivity index (χ0n) is 11.3. The Morgan fingerprint density at radius 3 is 1.88 bits per heavy atom. The number of hydrogen-bond donors (Lipinski definition) is 1. The smallest absolute Gasteiger partial charge is 0.145 e. The molecule has 0 spiro atoms. The number of aromatic nitrogens is 2. The minimum absolute atomic E-state index is 0.0335. The van der Waals surface area contributed by atoms with E-state index in [1.54, 1.807) is 0 Å². The Labute approximate surface area is 104 Å². The predicted molar refractivity (Wildman–Crippen MR) is 69.9 cm³/mol. The fourth-order valence-electron chi connectivity index (χ4n) is 1.91. The summed E-state index contributed by atoms with van der Waals surface area (Å²) in [5.74, 6) is 2.32. The lowest BCUT2D eigenvalue weighted by molar-refractivity contribution is 0.577. The molecule has 2 N–H and O–H groups in total. The molecular formula is C14H23N3. The molecule has 1 aromatic heterocycles. The van der Waals surface area contributed by atoms with Gasteiger partial charge in [-0.25, -0.2) is 9.97 Å². The summed E-state index contributed by atoms with van der Waals surface area (Å²) in [6, 6.07) is 2.16. The van der Waals surface area contributed by atoms with Gasteiger partial charge < -0.3 is 5.73 Å². The average Bonchev–Trinajstić information content (AvgIpc) is 3.11. The van der Waals surface area contributed by atoms with E-state index in [1.165, 1.54) is 12.8 Å². The molecule has 1 aliphatic rings. The Hall–Kier alpha value is -0.960. The maximum Gasteiger partial charge on any atom is 0.145 e. The van der Waals surface area contributed by atoms with Gasteiger partial charge in [-0.3, -0.25) is 0 Å². The van der Waals surface area contributed by atoms with Crippen LogP contribution in [0.15, 0.2) is 6.07 Å². The van der Waals surface area contributed by atoms with Crippen LogP contribution in [0.25, 0.3) is 0 Å². The second-order valence-electron chi connectivity index (χ2n) is 5.75. The van der Waals surface area contributed by atoms with Gasteiger partial charge in [0.2, 0.25) is 0 Å². The van der Waals surface area contributed by atoms with Crippen LogP contribution in [0.2, 0.25) is 0 Å². The molecule has 0 saturated heterocycles. The van der Waals surface area contributed by atoms with Crippen LogP contribution in [0, 0.1) is 5.92 Å². The average molecular weight is 233 g/mol. The van der Waals surface area contributed by atoms with Crippen molar-refractivity contribution in [2.24, 2.45) is 11.7 Å². The van der Waals surface area contributed by atoms with Gasteiger partial charge in [0.25, 0.3) is 0 Å². The highest BCUT2D eigenvalue weighted by atomic mass is 15.0. The number of nitrogens with two attached hydrogens (primary N) is 1. The molecule has 2 rings (SSSR count). The van der Waals surface area contributed by atoms with Crippen LogP contribution in [0.4, 0.5) is 0 Å². The van der Waals surface area contributed by atoms with E-state index in [-0.39, 0.29) is 6.04 Å². The minimum Gasteiger partial charge on any atom is -0.321 e. The van der Waals surface area contributed by atoms with Crippen LogP contribution in [0.3, 0.4) is 0 Å². The SMILES string of the molecule is CC(C)c1cc(C(C)C)nc(C(N)C2CC2)n1. The molecule has 1 fully saturated rings. The molecule has 1 saturated carbocycles. The van der Waals surface area contributed by atoms with Crippen LogP contribution < -0.4 is 5.73 Å². The van der Waals surface area contributed by atoms with E-state index in [0.29, 0.717) is 17.8 Å². The molecule has 0 amide bonds. The third-order valence-electron chi connectivity index (χ3n) is 3.39. The molecule has 3 heteroatoms. The summed E-state index contributed by atoms with van der Waals surface area (Å²) >= 11 is 0. The summed E-state index contributed by atoms with van der Waals surface area (Å²) in [5.41, 5.74) is 8.45. The summed E-state index contributed by atoms with van der Waals surface area (Å²) in [5, 5.41) is 0. The molecule has 1 unspecified atom stereocenters. The quantitative estimate of drug-likeness (QED) is 0.869. The topological polar surface area (TPSA) is 51.8 Å². The molecule has 0 aliphatic heterocycles. The van der Waals surface area contributed by atoms with Crippen LogP contribution in [0.5, 0.6) is 0 Å². The van der Waals surface area contributed by atoms with Crippen molar-refractivity contribution in [3.05, 3.63) is 23.3 Å². The number of nitrogens with zero attached hydrogens (tertiary/aromatic N) is 2. The third-order valence-corrected chi connectivity index (χ3v) is 3.39. The number of rotatable bonds is 4. The summed E-state index contributed by atoms with van der Waals surface area (Å²) in [4.78, 5) is 9.28. The summed E-state index contributed by atoms with van der Waals surface area (Å²) in [7, 11) is 0. The van der Waals surface area contributed by atoms with Crippen molar-refractivity contribution in [2.45, 2.75) is 58.4 Å². The lowest BCUT2D eigenvalue weighted by Crippen LogP contribution is -2.18. The molecule has 1 aliphatic carbocycles. The maximum absolute atomic E-state index is 6.21. The molecule has 94 valence electrons. The highest BCUT2D eigenvalue weighted by Crippen LogP contribution is 2.38. The standard InChI is InChI=1S/C14H23N3/c1-8(2)11-7-12(9(3)4)17-14(16-11)13(15)10-5-6-10/h7-10,13H,5-6,15H2,1-4H3. The van der Waals surface area contributed by atoms with E-state index in [9.17, 15) is 0 Å². The van der Waals surface area contributed by atoms with Gasteiger partial charge in [-0.1, -0.05) is 27.7 Å². The van der Waals surface area contributed by atoms with Gasteiger partial charge in [-0.05, 0) is 36.7 Å². The first-order valence-corrected chi connectivity index (χ1v) is 6.63. The van der Waals surface area contributed by atoms with E-state index in [2.05, 4.69) is 43.7 Å². The van der Waals surface area contributed by atoms with Crippen molar-refractivity contribution in [3.8, 4) is 0 Å². The van der Waals surface area contributed by atoms with Crippen molar-refractivity contribution in [3.63, 3.8) is 0 Å². The Kier molecular flexibility index (Phi) is 3.48. The summed E-state index contributed by atoms with van der Waals surface area (Å²) < 4.78 is 0. The van der Waals surface area contributed by atoms with E-state index in [0.717, 1.165) is 17.2 Å². The Balaban J connectivity index is 2.36. The van der Waals surface area contributed by atoms with E-state index >= 15 is 0 Å². The lowest BCUT2D eigenvalue weighted by atomic mass is 10.0. The third kappa shape index (κ3) is 2.83. The fourth-order valence-corrected chi connectivity index (χ4v) is 1.91. The van der Waals surface area contributed by atoms with Gasteiger partial charge in [0, 0.05) is 11.4 Å². The number of hydrogen-bond acceptors (Lipinski definition) is 3. The van der Waals surface area contributed by atoms with Crippen LogP contribution in [-0.2, 0) is 0 Å². The van der Waals surface area contributed by atoms with Gasteiger partial charge >= 0.3 is 0 Å². The second kappa shape index (κ2) is 4.73. The van der Waals surface area contributed by atoms with Gasteiger partial charge in [0.15, 0.2) is 0 Å². The van der Waals surface area contributed by atoms with Crippen molar-refractivity contribution < 1.29 is 0 Å². The van der Waals surface area contributed by atoms with Crippen molar-refractivity contribution >= 4 is 0 Å². The van der Waals surface area contributed by atoms with Gasteiger partial charge in [-0.15, -0.1) is 0 Å². The van der Waals surface area contributed by atoms with E-state index in [4.69, 9.17) is 5.73 Å². The molecule has 0 aromatic carbocycles. The van der Waals surface area contributed by atoms with Crippen LogP contribution in [-0.4, -0.2) is 9.97 Å². The molecular weight excluding hydrogens is 210 g/mol. The summed E-state index contributed by atoms with van der Waals surface area (Å²) in [6.07, 6.45) is 2.46. The maximum atomic E-state index is 6.21. The largest absolute Gasteiger partial charge is 0.321 e. The molecule has 0 bridgehead atoms. The Morgan fingerprint density at radius 2 is 1.53 bits per heavy atom. The zero-order valence-corrected chi connectivity index (χ0v) is 11.3. The molecule has 3 nitrogen and oxygen atoms in total. The van der Waals surface area contributed by atoms with E-state index < -0.39 is 0 Å². The Morgan fingerprint density at radius 1 is 1.06 bits per heavy atom. The van der Waals surface area contributed by atoms with Gasteiger partial charge in [0.1, 0.15) is 5.82 Å². The van der Waals surface area contributed by atoms with Crippen molar-refractivity contribution in [2.75, 3.05) is 0 Å².